The molecule has 0 aliphatic rings. The predicted octanol–water partition coefficient (Wildman–Crippen LogP) is 4.04. The monoisotopic (exact) mass is 421 g/mol. The van der Waals surface area contributed by atoms with Crippen LogP contribution in [-0.2, 0) is 16.8 Å². The van der Waals surface area contributed by atoms with Crippen molar-refractivity contribution in [2.45, 2.75) is 18.4 Å². The molecule has 1 atom stereocenters. The lowest BCUT2D eigenvalue weighted by Crippen LogP contribution is -2.45. The summed E-state index contributed by atoms with van der Waals surface area (Å²) in [6.45, 7) is 0. The number of nitrogens with zero attached hydrogens (tertiary/aromatic N) is 2. The van der Waals surface area contributed by atoms with Gasteiger partial charge in [-0.05, 0) is 35.1 Å². The summed E-state index contributed by atoms with van der Waals surface area (Å²) in [7, 11) is 0. The molecule has 9 heteroatoms. The molecule has 0 aliphatic heterocycles. The van der Waals surface area contributed by atoms with Crippen molar-refractivity contribution in [3.8, 4) is 11.1 Å². The molecule has 0 saturated heterocycles. The van der Waals surface area contributed by atoms with Gasteiger partial charge in [0.15, 0.2) is 0 Å². The maximum Gasteiger partial charge on any atom is 0.328 e. The number of hydrogen-bond donors (Lipinski definition) is 2. The van der Waals surface area contributed by atoms with Crippen molar-refractivity contribution in [1.29, 1.82) is 0 Å². The lowest BCUT2D eigenvalue weighted by atomic mass is 9.84. The van der Waals surface area contributed by atoms with E-state index in [1.54, 1.807) is 54.6 Å². The van der Waals surface area contributed by atoms with E-state index in [9.17, 15) is 30.1 Å². The fraction of sp³-hybridized carbons (Fsp3) is 0.136. The Morgan fingerprint density at radius 3 is 2.00 bits per heavy atom. The fourth-order valence-electron chi connectivity index (χ4n) is 3.42. The Balaban J connectivity index is 2.01. The second-order valence-electron chi connectivity index (χ2n) is 7.05. The number of nitro benzene ring substituents is 2. The zero-order valence-corrected chi connectivity index (χ0v) is 16.3. The molecule has 31 heavy (non-hydrogen) atoms. The molecule has 9 nitrogen and oxygen atoms in total. The Morgan fingerprint density at radius 2 is 1.45 bits per heavy atom. The van der Waals surface area contributed by atoms with Crippen LogP contribution in [0.5, 0.6) is 0 Å². The molecular weight excluding hydrogens is 402 g/mol. The smallest absolute Gasteiger partial charge is 0.328 e. The number of nitrogens with two attached hydrogens (primary N) is 1. The first-order valence-corrected chi connectivity index (χ1v) is 9.32. The minimum Gasteiger partial charge on any atom is -0.480 e. The zero-order valence-electron chi connectivity index (χ0n) is 16.3. The molecule has 0 radical (unpaired) electrons. The van der Waals surface area contributed by atoms with Crippen LogP contribution in [0, 0.1) is 20.2 Å². The minimum atomic E-state index is -1.64. The summed E-state index contributed by atoms with van der Waals surface area (Å²) in [4.78, 5) is 33.0. The van der Waals surface area contributed by atoms with Crippen LogP contribution < -0.4 is 5.73 Å². The summed E-state index contributed by atoms with van der Waals surface area (Å²) in [5, 5.41) is 32.2. The number of carbonyl (C=O) groups is 1. The average Bonchev–Trinajstić information content (AvgIpc) is 2.77. The first-order chi connectivity index (χ1) is 14.7. The van der Waals surface area contributed by atoms with Gasteiger partial charge in [0.25, 0.3) is 11.4 Å². The Hall–Kier alpha value is -4.11. The zero-order chi connectivity index (χ0) is 22.6. The van der Waals surface area contributed by atoms with Crippen LogP contribution in [0.3, 0.4) is 0 Å². The van der Waals surface area contributed by atoms with E-state index >= 15 is 0 Å². The van der Waals surface area contributed by atoms with Crippen molar-refractivity contribution in [2.24, 2.45) is 5.73 Å². The van der Waals surface area contributed by atoms with Gasteiger partial charge in [0.2, 0.25) is 0 Å². The Bertz CT molecular complexity index is 1120. The van der Waals surface area contributed by atoms with E-state index < -0.39 is 32.7 Å². The molecular formula is C22H19N3O6. The van der Waals surface area contributed by atoms with E-state index in [0.717, 1.165) is 6.07 Å². The van der Waals surface area contributed by atoms with E-state index in [-0.39, 0.29) is 12.8 Å². The summed E-state index contributed by atoms with van der Waals surface area (Å²) < 4.78 is 0. The summed E-state index contributed by atoms with van der Waals surface area (Å²) in [5.41, 5.74) is 5.77. The van der Waals surface area contributed by atoms with Crippen molar-refractivity contribution in [2.75, 3.05) is 0 Å². The van der Waals surface area contributed by atoms with Crippen LogP contribution in [0.25, 0.3) is 11.1 Å². The van der Waals surface area contributed by atoms with E-state index in [2.05, 4.69) is 0 Å². The van der Waals surface area contributed by atoms with E-state index in [1.807, 2.05) is 0 Å². The topological polar surface area (TPSA) is 150 Å². The highest BCUT2D eigenvalue weighted by Crippen LogP contribution is 2.33. The number of benzene rings is 3. The molecule has 0 heterocycles. The third-order valence-corrected chi connectivity index (χ3v) is 5.11. The average molecular weight is 421 g/mol. The standard InChI is InChI=1S/C22H19N3O6/c23-22(21(26)27,17-7-2-1-3-8-17)11-10-15-6-4-5-9-20(15)16-12-18(24(28)29)14-19(13-16)25(30)31/h1-9,12-14H,10-11,23H2,(H,26,27). The maximum atomic E-state index is 12.0. The molecule has 0 fully saturated rings. The minimum absolute atomic E-state index is 0.0559. The van der Waals surface area contributed by atoms with Crippen LogP contribution >= 0.6 is 0 Å². The number of rotatable bonds is 8. The lowest BCUT2D eigenvalue weighted by Gasteiger charge is -2.25. The molecule has 0 aromatic heterocycles. The van der Waals surface area contributed by atoms with Gasteiger partial charge in [0.1, 0.15) is 5.54 Å². The molecule has 0 aliphatic carbocycles. The largest absolute Gasteiger partial charge is 0.480 e. The normalized spacial score (nSPS) is 12.7. The molecule has 0 bridgehead atoms. The van der Waals surface area contributed by atoms with Gasteiger partial charge in [-0.2, -0.15) is 0 Å². The van der Waals surface area contributed by atoms with Crippen molar-refractivity contribution < 1.29 is 19.7 Å². The Labute approximate surface area is 177 Å². The van der Waals surface area contributed by atoms with Crippen LogP contribution in [0.1, 0.15) is 17.5 Å². The third-order valence-electron chi connectivity index (χ3n) is 5.11. The second kappa shape index (κ2) is 8.72. The highest BCUT2D eigenvalue weighted by Gasteiger charge is 2.35. The van der Waals surface area contributed by atoms with Gasteiger partial charge in [-0.3, -0.25) is 20.2 Å². The van der Waals surface area contributed by atoms with Gasteiger partial charge >= 0.3 is 5.97 Å². The highest BCUT2D eigenvalue weighted by atomic mass is 16.6. The van der Waals surface area contributed by atoms with Crippen molar-refractivity contribution >= 4 is 17.3 Å². The van der Waals surface area contributed by atoms with E-state index in [4.69, 9.17) is 5.73 Å². The quantitative estimate of drug-likeness (QED) is 0.411. The van der Waals surface area contributed by atoms with E-state index in [1.165, 1.54) is 12.1 Å². The SMILES string of the molecule is NC(CCc1ccccc1-c1cc([N+](=O)[O-])cc([N+](=O)[O-])c1)(C(=O)O)c1ccccc1. The molecule has 1 unspecified atom stereocenters. The van der Waals surface area contributed by atoms with Crippen LogP contribution in [0.4, 0.5) is 11.4 Å². The number of carboxylic acid groups (broad SMARTS) is 1. The number of carboxylic acids is 1. The highest BCUT2D eigenvalue weighted by molar-refractivity contribution is 5.80. The van der Waals surface area contributed by atoms with Crippen molar-refractivity contribution in [1.82, 2.24) is 0 Å². The van der Waals surface area contributed by atoms with Crippen molar-refractivity contribution in [3.63, 3.8) is 0 Å². The first-order valence-electron chi connectivity index (χ1n) is 9.32. The fourth-order valence-corrected chi connectivity index (χ4v) is 3.42. The third kappa shape index (κ3) is 4.57. The molecule has 3 aromatic rings. The summed E-state index contributed by atoms with van der Waals surface area (Å²) in [6.07, 6.45) is 0.296. The predicted molar refractivity (Wildman–Crippen MR) is 113 cm³/mol. The van der Waals surface area contributed by atoms with Crippen LogP contribution in [0.2, 0.25) is 0 Å². The van der Waals surface area contributed by atoms with Gasteiger partial charge in [0.05, 0.1) is 15.9 Å². The number of non-ortho nitro benzene ring substituents is 2. The second-order valence-corrected chi connectivity index (χ2v) is 7.05. The molecule has 0 saturated carbocycles. The number of hydrogen-bond acceptors (Lipinski definition) is 6. The summed E-state index contributed by atoms with van der Waals surface area (Å²) >= 11 is 0. The summed E-state index contributed by atoms with van der Waals surface area (Å²) in [6, 6.07) is 18.7. The Kier molecular flexibility index (Phi) is 6.07. The number of nitro groups is 2. The molecule has 3 rings (SSSR count). The van der Waals surface area contributed by atoms with Gasteiger partial charge < -0.3 is 10.8 Å². The van der Waals surface area contributed by atoms with E-state index in [0.29, 0.717) is 22.3 Å². The lowest BCUT2D eigenvalue weighted by molar-refractivity contribution is -0.394. The van der Waals surface area contributed by atoms with Crippen molar-refractivity contribution in [3.05, 3.63) is 104 Å². The molecule has 3 N–H and O–H groups in total. The van der Waals surface area contributed by atoms with Gasteiger partial charge in [-0.1, -0.05) is 54.6 Å². The number of aliphatic carboxylic acids is 1. The van der Waals surface area contributed by atoms with Gasteiger partial charge in [0, 0.05) is 12.1 Å². The molecule has 3 aromatic carbocycles. The van der Waals surface area contributed by atoms with Crippen LogP contribution in [-0.4, -0.2) is 20.9 Å². The van der Waals surface area contributed by atoms with Gasteiger partial charge in [-0.25, -0.2) is 4.79 Å². The molecule has 0 amide bonds. The molecule has 158 valence electrons. The summed E-state index contributed by atoms with van der Waals surface area (Å²) in [5.74, 6) is -1.18. The number of aryl methyl sites for hydroxylation is 1. The van der Waals surface area contributed by atoms with Crippen LogP contribution in [0.15, 0.2) is 72.8 Å². The van der Waals surface area contributed by atoms with Gasteiger partial charge in [-0.15, -0.1) is 0 Å². The first kappa shape index (κ1) is 21.6. The molecule has 0 spiro atoms. The Morgan fingerprint density at radius 1 is 0.903 bits per heavy atom. The maximum absolute atomic E-state index is 12.0.